The maximum absolute atomic E-state index is 13.4. The SMILES string of the molecule is O=[N+]([O-])c1ccc(CSC2CCOCC2)cc1F. The Morgan fingerprint density at radius 3 is 2.78 bits per heavy atom. The van der Waals surface area contributed by atoms with Crippen LogP contribution in [0.4, 0.5) is 10.1 Å². The van der Waals surface area contributed by atoms with Crippen LogP contribution in [0.2, 0.25) is 0 Å². The first-order valence-electron chi connectivity index (χ1n) is 5.79. The van der Waals surface area contributed by atoms with Crippen molar-refractivity contribution in [2.75, 3.05) is 13.2 Å². The molecule has 6 heteroatoms. The minimum Gasteiger partial charge on any atom is -0.381 e. The van der Waals surface area contributed by atoms with Crippen molar-refractivity contribution in [2.24, 2.45) is 0 Å². The average molecular weight is 271 g/mol. The fourth-order valence-corrected chi connectivity index (χ4v) is 2.98. The van der Waals surface area contributed by atoms with Gasteiger partial charge in [-0.1, -0.05) is 6.07 Å². The molecule has 0 radical (unpaired) electrons. The number of hydrogen-bond acceptors (Lipinski definition) is 4. The van der Waals surface area contributed by atoms with E-state index < -0.39 is 16.4 Å². The second kappa shape index (κ2) is 6.15. The first-order valence-corrected chi connectivity index (χ1v) is 6.84. The first kappa shape index (κ1) is 13.3. The lowest BCUT2D eigenvalue weighted by atomic mass is 10.2. The van der Waals surface area contributed by atoms with Crippen molar-refractivity contribution in [3.8, 4) is 0 Å². The lowest BCUT2D eigenvalue weighted by Crippen LogP contribution is -2.17. The molecule has 0 amide bonds. The van der Waals surface area contributed by atoms with Gasteiger partial charge in [-0.05, 0) is 24.5 Å². The van der Waals surface area contributed by atoms with Crippen molar-refractivity contribution in [1.29, 1.82) is 0 Å². The second-order valence-corrected chi connectivity index (χ2v) is 5.45. The van der Waals surface area contributed by atoms with E-state index in [4.69, 9.17) is 4.74 Å². The Morgan fingerprint density at radius 1 is 1.44 bits per heavy atom. The normalized spacial score (nSPS) is 16.7. The highest BCUT2D eigenvalue weighted by Gasteiger charge is 2.16. The molecule has 98 valence electrons. The molecule has 2 rings (SSSR count). The fraction of sp³-hybridized carbons (Fsp3) is 0.500. The molecule has 1 saturated heterocycles. The largest absolute Gasteiger partial charge is 0.381 e. The Hall–Kier alpha value is -1.14. The van der Waals surface area contributed by atoms with Gasteiger partial charge in [0, 0.05) is 30.3 Å². The molecular weight excluding hydrogens is 257 g/mol. The molecule has 4 nitrogen and oxygen atoms in total. The first-order chi connectivity index (χ1) is 8.66. The number of rotatable bonds is 4. The highest BCUT2D eigenvalue weighted by atomic mass is 32.2. The number of hydrogen-bond donors (Lipinski definition) is 0. The van der Waals surface area contributed by atoms with Crippen molar-refractivity contribution < 1.29 is 14.1 Å². The van der Waals surface area contributed by atoms with E-state index in [0.717, 1.165) is 31.6 Å². The fourth-order valence-electron chi connectivity index (χ4n) is 1.84. The topological polar surface area (TPSA) is 52.4 Å². The second-order valence-electron chi connectivity index (χ2n) is 4.17. The Morgan fingerprint density at radius 2 is 2.17 bits per heavy atom. The minimum atomic E-state index is -0.759. The quantitative estimate of drug-likeness (QED) is 0.623. The van der Waals surface area contributed by atoms with E-state index in [1.807, 2.05) is 0 Å². The van der Waals surface area contributed by atoms with Crippen molar-refractivity contribution in [3.63, 3.8) is 0 Å². The predicted molar refractivity (Wildman–Crippen MR) is 68.2 cm³/mol. The van der Waals surface area contributed by atoms with Crippen LogP contribution >= 0.6 is 11.8 Å². The third kappa shape index (κ3) is 3.43. The van der Waals surface area contributed by atoms with Gasteiger partial charge in [0.15, 0.2) is 0 Å². The van der Waals surface area contributed by atoms with E-state index in [1.165, 1.54) is 12.1 Å². The van der Waals surface area contributed by atoms with Crippen LogP contribution in [0.5, 0.6) is 0 Å². The molecule has 0 N–H and O–H groups in total. The molecule has 1 aromatic rings. The summed E-state index contributed by atoms with van der Waals surface area (Å²) in [7, 11) is 0. The summed E-state index contributed by atoms with van der Waals surface area (Å²) < 4.78 is 18.7. The van der Waals surface area contributed by atoms with E-state index in [9.17, 15) is 14.5 Å². The zero-order valence-corrected chi connectivity index (χ0v) is 10.6. The maximum atomic E-state index is 13.4. The van der Waals surface area contributed by atoms with Crippen LogP contribution in [0.15, 0.2) is 18.2 Å². The Kier molecular flexibility index (Phi) is 4.54. The Balaban J connectivity index is 1.93. The van der Waals surface area contributed by atoms with Gasteiger partial charge in [0.25, 0.3) is 0 Å². The summed E-state index contributed by atoms with van der Waals surface area (Å²) in [4.78, 5) is 9.78. The highest BCUT2D eigenvalue weighted by molar-refractivity contribution is 7.99. The third-order valence-corrected chi connectivity index (χ3v) is 4.31. The van der Waals surface area contributed by atoms with Crippen LogP contribution < -0.4 is 0 Å². The summed E-state index contributed by atoms with van der Waals surface area (Å²) in [6.07, 6.45) is 2.03. The van der Waals surface area contributed by atoms with Gasteiger partial charge >= 0.3 is 5.69 Å². The third-order valence-electron chi connectivity index (χ3n) is 2.86. The van der Waals surface area contributed by atoms with E-state index >= 15 is 0 Å². The molecule has 1 heterocycles. The van der Waals surface area contributed by atoms with Gasteiger partial charge in [-0.15, -0.1) is 0 Å². The standard InChI is InChI=1S/C12H14FNO3S/c13-11-7-9(1-2-12(11)14(15)16)8-18-10-3-5-17-6-4-10/h1-2,7,10H,3-6,8H2. The molecule has 1 aliphatic heterocycles. The van der Waals surface area contributed by atoms with E-state index in [1.54, 1.807) is 17.8 Å². The molecule has 0 saturated carbocycles. The van der Waals surface area contributed by atoms with Gasteiger partial charge in [-0.2, -0.15) is 16.2 Å². The summed E-state index contributed by atoms with van der Waals surface area (Å²) in [5.74, 6) is -0.0790. The monoisotopic (exact) mass is 271 g/mol. The zero-order chi connectivity index (χ0) is 13.0. The van der Waals surface area contributed by atoms with Crippen LogP contribution in [0.25, 0.3) is 0 Å². The van der Waals surface area contributed by atoms with Crippen molar-refractivity contribution in [2.45, 2.75) is 23.8 Å². The van der Waals surface area contributed by atoms with Crippen molar-refractivity contribution in [1.82, 2.24) is 0 Å². The van der Waals surface area contributed by atoms with Crippen LogP contribution in [-0.4, -0.2) is 23.4 Å². The molecule has 1 aliphatic rings. The molecule has 1 aromatic carbocycles. The van der Waals surface area contributed by atoms with Crippen LogP contribution in [0.1, 0.15) is 18.4 Å². The number of benzene rings is 1. The molecule has 0 spiro atoms. The van der Waals surface area contributed by atoms with Gasteiger partial charge in [-0.25, -0.2) is 0 Å². The summed E-state index contributed by atoms with van der Waals surface area (Å²) in [5, 5.41) is 11.0. The number of nitrogens with zero attached hydrogens (tertiary/aromatic N) is 1. The van der Waals surface area contributed by atoms with E-state index in [-0.39, 0.29) is 0 Å². The van der Waals surface area contributed by atoms with Gasteiger partial charge in [0.2, 0.25) is 5.82 Å². The number of ether oxygens (including phenoxy) is 1. The van der Waals surface area contributed by atoms with Gasteiger partial charge in [0.1, 0.15) is 0 Å². The van der Waals surface area contributed by atoms with E-state index in [2.05, 4.69) is 0 Å². The van der Waals surface area contributed by atoms with Gasteiger partial charge in [0.05, 0.1) is 4.92 Å². The Labute approximate surface area is 109 Å². The number of nitro benzene ring substituents is 1. The number of nitro groups is 1. The molecule has 0 atom stereocenters. The minimum absolute atomic E-state index is 0.463. The summed E-state index contributed by atoms with van der Waals surface area (Å²) >= 11 is 1.76. The van der Waals surface area contributed by atoms with Gasteiger partial charge in [-0.3, -0.25) is 10.1 Å². The van der Waals surface area contributed by atoms with Crippen LogP contribution in [0.3, 0.4) is 0 Å². The lowest BCUT2D eigenvalue weighted by Gasteiger charge is -2.21. The summed E-state index contributed by atoms with van der Waals surface area (Å²) in [6.45, 7) is 1.57. The summed E-state index contributed by atoms with van der Waals surface area (Å²) in [5.41, 5.74) is 0.324. The molecule has 0 unspecified atom stereocenters. The summed E-state index contributed by atoms with van der Waals surface area (Å²) in [6, 6.07) is 4.10. The van der Waals surface area contributed by atoms with Crippen LogP contribution in [0, 0.1) is 15.9 Å². The maximum Gasteiger partial charge on any atom is 0.304 e. The smallest absolute Gasteiger partial charge is 0.304 e. The van der Waals surface area contributed by atoms with Gasteiger partial charge < -0.3 is 4.74 Å². The lowest BCUT2D eigenvalue weighted by molar-refractivity contribution is -0.387. The molecule has 1 fully saturated rings. The number of thioether (sulfide) groups is 1. The zero-order valence-electron chi connectivity index (χ0n) is 9.80. The average Bonchev–Trinajstić information content (AvgIpc) is 2.37. The van der Waals surface area contributed by atoms with Crippen LogP contribution in [-0.2, 0) is 10.5 Å². The Bertz CT molecular complexity index is 435. The number of halogens is 1. The molecule has 0 aliphatic carbocycles. The van der Waals surface area contributed by atoms with E-state index in [0.29, 0.717) is 11.0 Å². The predicted octanol–water partition coefficient (Wildman–Crippen LogP) is 3.15. The highest BCUT2D eigenvalue weighted by Crippen LogP contribution is 2.27. The molecule has 18 heavy (non-hydrogen) atoms. The van der Waals surface area contributed by atoms with Crippen molar-refractivity contribution >= 4 is 17.4 Å². The molecular formula is C12H14FNO3S. The molecule has 0 bridgehead atoms. The molecule has 0 aromatic heterocycles. The van der Waals surface area contributed by atoms with Crippen molar-refractivity contribution in [3.05, 3.63) is 39.7 Å².